The summed E-state index contributed by atoms with van der Waals surface area (Å²) in [4.78, 5) is 0. The second-order valence-corrected chi connectivity index (χ2v) is 7.12. The van der Waals surface area contributed by atoms with E-state index in [0.29, 0.717) is 6.54 Å². The highest BCUT2D eigenvalue weighted by molar-refractivity contribution is 6.27. The van der Waals surface area contributed by atoms with Crippen LogP contribution in [0.25, 0.3) is 11.1 Å². The maximum Gasteiger partial charge on any atom is 0.0341 e. The van der Waals surface area contributed by atoms with Gasteiger partial charge in [0.15, 0.2) is 0 Å². The second-order valence-electron chi connectivity index (χ2n) is 5.91. The molecule has 1 aliphatic rings. The van der Waals surface area contributed by atoms with E-state index in [9.17, 15) is 0 Å². The summed E-state index contributed by atoms with van der Waals surface area (Å²) in [5, 5.41) is 1.64. The minimum atomic E-state index is 0.606. The fourth-order valence-corrected chi connectivity index (χ4v) is 4.33. The number of hydrogen-bond donors (Lipinski definition) is 1. The van der Waals surface area contributed by atoms with Gasteiger partial charge >= 0.3 is 0 Å². The summed E-state index contributed by atoms with van der Waals surface area (Å²) in [5.41, 5.74) is 14.1. The number of allylic oxidation sites excluding steroid dienone is 4. The molecule has 0 spiro atoms. The third-order valence-electron chi connectivity index (χ3n) is 4.51. The summed E-state index contributed by atoms with van der Waals surface area (Å²) in [6.45, 7) is 2.88. The van der Waals surface area contributed by atoms with Crippen LogP contribution in [0, 0.1) is 0 Å². The van der Waals surface area contributed by atoms with Crippen LogP contribution in [-0.2, 0) is 6.54 Å². The Morgan fingerprint density at radius 2 is 1.64 bits per heavy atom. The molecule has 0 heterocycles. The van der Waals surface area contributed by atoms with Crippen LogP contribution < -0.4 is 5.73 Å². The predicted octanol–water partition coefficient (Wildman–Crippen LogP) is 3.49. The Balaban J connectivity index is 2.13. The molecule has 0 aromatic heterocycles. The van der Waals surface area contributed by atoms with Crippen molar-refractivity contribution in [3.63, 3.8) is 0 Å². The van der Waals surface area contributed by atoms with E-state index in [1.807, 2.05) is 0 Å². The minimum Gasteiger partial charge on any atom is -0.326 e. The third-order valence-corrected chi connectivity index (χ3v) is 5.47. The number of benzene rings is 2. The lowest BCUT2D eigenvalue weighted by Gasteiger charge is -2.12. The van der Waals surface area contributed by atoms with Crippen LogP contribution in [-0.4, -0.2) is 10.2 Å². The van der Waals surface area contributed by atoms with Crippen LogP contribution >= 0.6 is 0 Å². The van der Waals surface area contributed by atoms with E-state index in [4.69, 9.17) is 5.73 Å². The maximum atomic E-state index is 5.72. The van der Waals surface area contributed by atoms with Gasteiger partial charge in [0, 0.05) is 16.8 Å². The number of hydrogen-bond acceptors (Lipinski definition) is 1. The largest absolute Gasteiger partial charge is 0.326 e. The second kappa shape index (κ2) is 6.47. The average molecular weight is 305 g/mol. The van der Waals surface area contributed by atoms with Gasteiger partial charge in [-0.3, -0.25) is 0 Å². The van der Waals surface area contributed by atoms with Crippen LogP contribution in [0.3, 0.4) is 0 Å². The Morgan fingerprint density at radius 1 is 0.955 bits per heavy atom. The van der Waals surface area contributed by atoms with Crippen LogP contribution in [0.2, 0.25) is 0 Å². The summed E-state index contributed by atoms with van der Waals surface area (Å²) in [5.74, 6) is 0. The highest BCUT2D eigenvalue weighted by Gasteiger charge is 2.22. The van der Waals surface area contributed by atoms with Gasteiger partial charge in [0.25, 0.3) is 0 Å². The number of nitrogens with two attached hydrogens (primary N) is 1. The Kier molecular flexibility index (Phi) is 4.41. The summed E-state index contributed by atoms with van der Waals surface area (Å²) < 4.78 is 0. The zero-order valence-corrected chi connectivity index (χ0v) is 15.4. The smallest absolute Gasteiger partial charge is 0.0341 e. The molecule has 22 heavy (non-hydrogen) atoms. The fourth-order valence-electron chi connectivity index (χ4n) is 3.38. The minimum absolute atomic E-state index is 0.606. The van der Waals surface area contributed by atoms with Crippen LogP contribution in [0.15, 0.2) is 65.4 Å². The van der Waals surface area contributed by atoms with Crippen LogP contribution in [0.4, 0.5) is 0 Å². The molecular weight excluding hydrogens is 282 g/mol. The van der Waals surface area contributed by atoms with Crippen LogP contribution in [0.1, 0.15) is 36.5 Å². The molecule has 0 fully saturated rings. The standard InChI is InChI=1S/C20H23NSi/c1-2-17-19(22)12-18(15-10-8-14(13-21)9-11-15)20(17)16-6-4-3-5-7-16/h3-11H,2,12-13,21H2,1,22H3. The van der Waals surface area contributed by atoms with Crippen molar-refractivity contribution in [2.24, 2.45) is 5.73 Å². The van der Waals surface area contributed by atoms with E-state index < -0.39 is 0 Å². The molecular formula is C20H23NSi. The molecule has 2 aromatic carbocycles. The quantitative estimate of drug-likeness (QED) is 0.860. The van der Waals surface area contributed by atoms with Crippen molar-refractivity contribution in [2.75, 3.05) is 0 Å². The first-order valence-electron chi connectivity index (χ1n) is 8.01. The molecule has 2 N–H and O–H groups in total. The van der Waals surface area contributed by atoms with Crippen molar-refractivity contribution in [3.8, 4) is 0 Å². The third kappa shape index (κ3) is 2.72. The monoisotopic (exact) mass is 305 g/mol. The van der Waals surface area contributed by atoms with E-state index in [-0.39, 0.29) is 0 Å². The molecule has 1 nitrogen and oxygen atoms in total. The first kappa shape index (κ1) is 15.0. The van der Waals surface area contributed by atoms with Gasteiger partial charge in [-0.05, 0) is 46.3 Å². The van der Waals surface area contributed by atoms with Crippen molar-refractivity contribution in [1.29, 1.82) is 0 Å². The lowest BCUT2D eigenvalue weighted by atomic mass is 9.92. The molecule has 1 aliphatic carbocycles. The Bertz CT molecular complexity index is 724. The Hall–Kier alpha value is -1.90. The normalized spacial score (nSPS) is 15.0. The lowest BCUT2D eigenvalue weighted by molar-refractivity contribution is 1.07. The van der Waals surface area contributed by atoms with Gasteiger partial charge in [0.05, 0.1) is 0 Å². The van der Waals surface area contributed by atoms with Gasteiger partial charge in [-0.15, -0.1) is 0 Å². The Morgan fingerprint density at radius 3 is 2.23 bits per heavy atom. The van der Waals surface area contributed by atoms with Gasteiger partial charge in [-0.1, -0.05) is 66.7 Å². The van der Waals surface area contributed by atoms with Gasteiger partial charge < -0.3 is 5.73 Å². The number of rotatable bonds is 4. The Labute approximate surface area is 136 Å². The highest BCUT2D eigenvalue weighted by atomic mass is 28.1. The van der Waals surface area contributed by atoms with Gasteiger partial charge in [0.1, 0.15) is 0 Å². The first-order valence-corrected chi connectivity index (χ1v) is 9.01. The molecule has 0 radical (unpaired) electrons. The summed E-state index contributed by atoms with van der Waals surface area (Å²) in [6, 6.07) is 19.6. The molecule has 0 aliphatic heterocycles. The lowest BCUT2D eigenvalue weighted by Crippen LogP contribution is -1.96. The van der Waals surface area contributed by atoms with Crippen LogP contribution in [0.5, 0.6) is 0 Å². The van der Waals surface area contributed by atoms with Gasteiger partial charge in [-0.2, -0.15) is 0 Å². The van der Waals surface area contributed by atoms with E-state index in [0.717, 1.165) is 23.1 Å². The van der Waals surface area contributed by atoms with Gasteiger partial charge in [0.2, 0.25) is 0 Å². The molecule has 3 rings (SSSR count). The average Bonchev–Trinajstić information content (AvgIpc) is 2.92. The zero-order valence-electron chi connectivity index (χ0n) is 13.4. The van der Waals surface area contributed by atoms with Crippen molar-refractivity contribution < 1.29 is 0 Å². The maximum absolute atomic E-state index is 5.72. The highest BCUT2D eigenvalue weighted by Crippen LogP contribution is 2.43. The van der Waals surface area contributed by atoms with Crippen molar-refractivity contribution in [3.05, 3.63) is 82.1 Å². The SMILES string of the molecule is CCC1=C([SiH3])CC(c2ccc(CN)cc2)=C1c1ccccc1. The first-order chi connectivity index (χ1) is 10.7. The van der Waals surface area contributed by atoms with E-state index in [2.05, 4.69) is 61.5 Å². The van der Waals surface area contributed by atoms with Crippen molar-refractivity contribution in [1.82, 2.24) is 0 Å². The topological polar surface area (TPSA) is 26.0 Å². The fraction of sp³-hybridized carbons (Fsp3) is 0.200. The van der Waals surface area contributed by atoms with E-state index in [1.54, 1.807) is 10.8 Å². The summed E-state index contributed by atoms with van der Waals surface area (Å²) >= 11 is 0. The van der Waals surface area contributed by atoms with E-state index >= 15 is 0 Å². The predicted molar refractivity (Wildman–Crippen MR) is 99.5 cm³/mol. The molecule has 0 atom stereocenters. The summed E-state index contributed by atoms with van der Waals surface area (Å²) in [6.07, 6.45) is 2.23. The molecule has 2 aromatic rings. The molecule has 0 saturated heterocycles. The molecule has 0 unspecified atom stereocenters. The van der Waals surface area contributed by atoms with Crippen molar-refractivity contribution >= 4 is 21.4 Å². The molecule has 0 amide bonds. The molecule has 2 heteroatoms. The van der Waals surface area contributed by atoms with Crippen molar-refractivity contribution in [2.45, 2.75) is 26.3 Å². The zero-order chi connectivity index (χ0) is 15.5. The molecule has 0 bridgehead atoms. The van der Waals surface area contributed by atoms with Gasteiger partial charge in [-0.25, -0.2) is 0 Å². The summed E-state index contributed by atoms with van der Waals surface area (Å²) in [7, 11) is 1.14. The van der Waals surface area contributed by atoms with E-state index in [1.165, 1.54) is 27.8 Å². The molecule has 112 valence electrons. The molecule has 0 saturated carbocycles.